The molecule has 0 spiro atoms. The molecule has 0 aliphatic carbocycles. The third-order valence-corrected chi connectivity index (χ3v) is 6.70. The normalized spacial score (nSPS) is 14.5. The van der Waals surface area contributed by atoms with E-state index in [9.17, 15) is 18.0 Å². The largest absolute Gasteiger partial charge is 0.347 e. The van der Waals surface area contributed by atoms with E-state index in [-0.39, 0.29) is 48.2 Å². The molecule has 0 saturated carbocycles. The molecule has 3 aromatic rings. The van der Waals surface area contributed by atoms with Crippen molar-refractivity contribution in [1.82, 2.24) is 19.8 Å². The number of amides is 2. The molecule has 9 nitrogen and oxygen atoms in total. The molecular formula is C21H20N4O5S. The molecule has 160 valence electrons. The second-order valence-corrected chi connectivity index (χ2v) is 8.97. The van der Waals surface area contributed by atoms with Gasteiger partial charge in [0.05, 0.1) is 12.1 Å². The number of hydrogen-bond acceptors (Lipinski definition) is 7. The van der Waals surface area contributed by atoms with Gasteiger partial charge in [-0.2, -0.15) is 4.98 Å². The van der Waals surface area contributed by atoms with Gasteiger partial charge in [-0.1, -0.05) is 41.1 Å². The third-order valence-electron chi connectivity index (χ3n) is 4.86. The third kappa shape index (κ3) is 4.19. The summed E-state index contributed by atoms with van der Waals surface area (Å²) in [5, 5.41) is 6.58. The van der Waals surface area contributed by atoms with Crippen molar-refractivity contribution in [2.45, 2.75) is 31.2 Å². The van der Waals surface area contributed by atoms with Gasteiger partial charge in [0, 0.05) is 18.5 Å². The van der Waals surface area contributed by atoms with Crippen molar-refractivity contribution in [2.75, 3.05) is 6.54 Å². The average Bonchev–Trinajstić information content (AvgIpc) is 3.30. The fourth-order valence-electron chi connectivity index (χ4n) is 3.33. The van der Waals surface area contributed by atoms with Crippen LogP contribution in [0.2, 0.25) is 0 Å². The summed E-state index contributed by atoms with van der Waals surface area (Å²) in [4.78, 5) is 28.7. The minimum absolute atomic E-state index is 0.00487. The Morgan fingerprint density at radius 1 is 1.16 bits per heavy atom. The van der Waals surface area contributed by atoms with E-state index in [1.807, 2.05) is 31.2 Å². The maximum atomic E-state index is 12.5. The number of carbonyl (C=O) groups is 2. The molecule has 0 atom stereocenters. The zero-order valence-electron chi connectivity index (χ0n) is 16.7. The quantitative estimate of drug-likeness (QED) is 0.598. The highest BCUT2D eigenvalue weighted by atomic mass is 32.2. The minimum Gasteiger partial charge on any atom is -0.347 e. The Labute approximate surface area is 179 Å². The van der Waals surface area contributed by atoms with Crippen molar-refractivity contribution in [1.29, 1.82) is 0 Å². The highest BCUT2D eigenvalue weighted by molar-refractivity contribution is 7.90. The number of nitrogens with zero attached hydrogens (tertiary/aromatic N) is 3. The number of rotatable bonds is 7. The van der Waals surface area contributed by atoms with Crippen LogP contribution in [0.5, 0.6) is 0 Å². The van der Waals surface area contributed by atoms with Crippen LogP contribution in [0.1, 0.15) is 34.7 Å². The summed E-state index contributed by atoms with van der Waals surface area (Å²) in [6.45, 7) is 1.95. The Bertz CT molecular complexity index is 1250. The molecule has 10 heteroatoms. The number of fused-ring (bicyclic) bond motifs is 1. The van der Waals surface area contributed by atoms with Gasteiger partial charge < -0.3 is 9.84 Å². The summed E-state index contributed by atoms with van der Waals surface area (Å²) in [6.07, 6.45) is 0.248. The molecule has 0 radical (unpaired) electrons. The molecule has 2 aromatic carbocycles. The van der Waals surface area contributed by atoms with Crippen LogP contribution in [-0.2, 0) is 21.4 Å². The monoisotopic (exact) mass is 440 g/mol. The number of nitrogens with one attached hydrogen (secondary N) is 1. The zero-order chi connectivity index (χ0) is 22.0. The van der Waals surface area contributed by atoms with Crippen molar-refractivity contribution in [3.63, 3.8) is 0 Å². The minimum atomic E-state index is -3.86. The molecule has 2 heterocycles. The SMILES string of the molecule is Cc1cccc(-c2noc(CNC(=O)CCCN3C(=O)c4ccccc4S3(=O)=O)n2)c1. The Morgan fingerprint density at radius 2 is 1.97 bits per heavy atom. The van der Waals surface area contributed by atoms with Crippen LogP contribution in [0.4, 0.5) is 0 Å². The van der Waals surface area contributed by atoms with Gasteiger partial charge in [-0.15, -0.1) is 0 Å². The van der Waals surface area contributed by atoms with Crippen molar-refractivity contribution < 1.29 is 22.5 Å². The van der Waals surface area contributed by atoms with Gasteiger partial charge in [0.1, 0.15) is 4.90 Å². The molecule has 2 amide bonds. The molecule has 0 bridgehead atoms. The average molecular weight is 440 g/mol. The molecule has 0 fully saturated rings. The van der Waals surface area contributed by atoms with E-state index in [1.54, 1.807) is 12.1 Å². The van der Waals surface area contributed by atoms with Crippen molar-refractivity contribution >= 4 is 21.8 Å². The lowest BCUT2D eigenvalue weighted by atomic mass is 10.1. The Balaban J connectivity index is 1.28. The van der Waals surface area contributed by atoms with Crippen LogP contribution in [0, 0.1) is 6.92 Å². The molecule has 0 saturated heterocycles. The number of aryl methyl sites for hydroxylation is 1. The summed E-state index contributed by atoms with van der Waals surface area (Å²) in [5.74, 6) is -0.176. The first-order valence-electron chi connectivity index (χ1n) is 9.69. The van der Waals surface area contributed by atoms with E-state index in [1.165, 1.54) is 12.1 Å². The first-order valence-corrected chi connectivity index (χ1v) is 11.1. The number of aromatic nitrogens is 2. The fourth-order valence-corrected chi connectivity index (χ4v) is 4.93. The van der Waals surface area contributed by atoms with Gasteiger partial charge in [0.2, 0.25) is 17.6 Å². The highest BCUT2D eigenvalue weighted by Crippen LogP contribution is 2.30. The zero-order valence-corrected chi connectivity index (χ0v) is 17.6. The molecule has 1 N–H and O–H groups in total. The Hall–Kier alpha value is -3.53. The van der Waals surface area contributed by atoms with E-state index in [0.29, 0.717) is 5.82 Å². The van der Waals surface area contributed by atoms with Crippen LogP contribution in [-0.4, -0.2) is 41.2 Å². The maximum Gasteiger partial charge on any atom is 0.269 e. The predicted octanol–water partition coefficient (Wildman–Crippen LogP) is 2.29. The van der Waals surface area contributed by atoms with Gasteiger partial charge in [0.25, 0.3) is 15.9 Å². The Morgan fingerprint density at radius 3 is 2.74 bits per heavy atom. The topological polar surface area (TPSA) is 122 Å². The standard InChI is InChI=1S/C21H20N4O5S/c1-14-6-4-7-15(12-14)20-23-19(30-24-20)13-22-18(26)10-5-11-25-21(27)16-8-2-3-9-17(16)31(25,28)29/h2-4,6-9,12H,5,10-11,13H2,1H3,(H,22,26). The van der Waals surface area contributed by atoms with E-state index < -0.39 is 15.9 Å². The van der Waals surface area contributed by atoms with Crippen LogP contribution in [0.15, 0.2) is 57.9 Å². The van der Waals surface area contributed by atoms with Gasteiger partial charge >= 0.3 is 0 Å². The maximum absolute atomic E-state index is 12.5. The molecular weight excluding hydrogens is 420 g/mol. The second kappa shape index (κ2) is 8.31. The first-order chi connectivity index (χ1) is 14.9. The number of hydrogen-bond donors (Lipinski definition) is 1. The highest BCUT2D eigenvalue weighted by Gasteiger charge is 2.40. The molecule has 1 aromatic heterocycles. The summed E-state index contributed by atoms with van der Waals surface area (Å²) in [7, 11) is -3.86. The molecule has 31 heavy (non-hydrogen) atoms. The van der Waals surface area contributed by atoms with Crippen LogP contribution in [0.3, 0.4) is 0 Å². The number of carbonyl (C=O) groups excluding carboxylic acids is 2. The number of benzene rings is 2. The van der Waals surface area contributed by atoms with E-state index >= 15 is 0 Å². The summed E-state index contributed by atoms with van der Waals surface area (Å²) in [5.41, 5.74) is 2.05. The van der Waals surface area contributed by atoms with Gasteiger partial charge in [0.15, 0.2) is 0 Å². The first kappa shape index (κ1) is 20.7. The lowest BCUT2D eigenvalue weighted by Crippen LogP contribution is -2.32. The summed E-state index contributed by atoms with van der Waals surface area (Å²) in [6, 6.07) is 13.7. The fraction of sp³-hybridized carbons (Fsp3) is 0.238. The summed E-state index contributed by atoms with van der Waals surface area (Å²) >= 11 is 0. The predicted molar refractivity (Wildman–Crippen MR) is 110 cm³/mol. The Kier molecular flexibility index (Phi) is 5.55. The molecule has 1 aliphatic heterocycles. The van der Waals surface area contributed by atoms with Gasteiger partial charge in [-0.25, -0.2) is 12.7 Å². The van der Waals surface area contributed by atoms with E-state index in [4.69, 9.17) is 4.52 Å². The van der Waals surface area contributed by atoms with Crippen molar-refractivity contribution in [2.24, 2.45) is 0 Å². The molecule has 1 aliphatic rings. The smallest absolute Gasteiger partial charge is 0.269 e. The van der Waals surface area contributed by atoms with E-state index in [2.05, 4.69) is 15.5 Å². The lowest BCUT2D eigenvalue weighted by molar-refractivity contribution is -0.121. The summed E-state index contributed by atoms with van der Waals surface area (Å²) < 4.78 is 31.0. The van der Waals surface area contributed by atoms with Gasteiger partial charge in [-0.05, 0) is 31.5 Å². The molecule has 4 rings (SSSR count). The van der Waals surface area contributed by atoms with Crippen LogP contribution in [0.25, 0.3) is 11.4 Å². The van der Waals surface area contributed by atoms with Crippen molar-refractivity contribution in [3.8, 4) is 11.4 Å². The molecule has 0 unspecified atom stereocenters. The number of sulfonamides is 1. The lowest BCUT2D eigenvalue weighted by Gasteiger charge is -2.14. The van der Waals surface area contributed by atoms with Crippen molar-refractivity contribution in [3.05, 3.63) is 65.5 Å². The van der Waals surface area contributed by atoms with E-state index in [0.717, 1.165) is 15.4 Å². The second-order valence-electron chi connectivity index (χ2n) is 7.14. The van der Waals surface area contributed by atoms with Crippen LogP contribution < -0.4 is 5.32 Å². The van der Waals surface area contributed by atoms with Crippen LogP contribution >= 0.6 is 0 Å². The van der Waals surface area contributed by atoms with Gasteiger partial charge in [-0.3, -0.25) is 9.59 Å².